The standard InChI is InChI=1S/C40H31N3S/c1-5-6-18-27-25(2)43(39-41-32-23-14-12-21-30(32)36(42-39)26-16-8-7-9-17-26)37-34(27)28-19-10-11-20-29(28)35-38(37)44-33-24-15-13-22-31(33)40(35,3)4/h5-24H,1H2,2-4H3/b18-6-. The Morgan fingerprint density at radius 1 is 0.773 bits per heavy atom. The second-order valence-electron chi connectivity index (χ2n) is 11.9. The molecular weight excluding hydrogens is 555 g/mol. The lowest BCUT2D eigenvalue weighted by Crippen LogP contribution is -2.24. The molecule has 0 saturated heterocycles. The lowest BCUT2D eigenvalue weighted by molar-refractivity contribution is 0.615. The molecule has 0 aliphatic carbocycles. The number of hydrogen-bond donors (Lipinski definition) is 0. The Kier molecular flexibility index (Phi) is 6.11. The number of para-hydroxylation sites is 1. The van der Waals surface area contributed by atoms with Crippen molar-refractivity contribution in [2.24, 2.45) is 0 Å². The summed E-state index contributed by atoms with van der Waals surface area (Å²) in [5.41, 5.74) is 8.86. The fraction of sp³-hybridized carbons (Fsp3) is 0.100. The van der Waals surface area contributed by atoms with Gasteiger partial charge in [0.25, 0.3) is 0 Å². The van der Waals surface area contributed by atoms with E-state index in [2.05, 4.69) is 135 Å². The van der Waals surface area contributed by atoms with Crippen LogP contribution in [0.4, 0.5) is 0 Å². The highest BCUT2D eigenvalue weighted by atomic mass is 32.2. The van der Waals surface area contributed by atoms with Gasteiger partial charge in [-0.15, -0.1) is 0 Å². The maximum absolute atomic E-state index is 5.35. The summed E-state index contributed by atoms with van der Waals surface area (Å²) in [6.45, 7) is 10.9. The predicted octanol–water partition coefficient (Wildman–Crippen LogP) is 10.7. The minimum Gasteiger partial charge on any atom is -0.281 e. The molecule has 1 aliphatic heterocycles. The van der Waals surface area contributed by atoms with Crippen molar-refractivity contribution in [2.45, 2.75) is 36.0 Å². The van der Waals surface area contributed by atoms with Gasteiger partial charge >= 0.3 is 0 Å². The van der Waals surface area contributed by atoms with Crippen LogP contribution in [-0.4, -0.2) is 14.5 Å². The highest BCUT2D eigenvalue weighted by molar-refractivity contribution is 7.99. The third-order valence-electron chi connectivity index (χ3n) is 9.00. The van der Waals surface area contributed by atoms with Gasteiger partial charge in [-0.25, -0.2) is 9.97 Å². The second-order valence-corrected chi connectivity index (χ2v) is 12.9. The topological polar surface area (TPSA) is 30.7 Å². The van der Waals surface area contributed by atoms with Crippen molar-refractivity contribution in [1.82, 2.24) is 14.5 Å². The van der Waals surface area contributed by atoms with E-state index in [1.807, 2.05) is 30.0 Å². The van der Waals surface area contributed by atoms with Crippen molar-refractivity contribution in [2.75, 3.05) is 0 Å². The molecule has 4 heteroatoms. The molecule has 0 amide bonds. The first-order chi connectivity index (χ1) is 21.5. The molecule has 2 aromatic heterocycles. The molecule has 7 aromatic rings. The van der Waals surface area contributed by atoms with Gasteiger partial charge in [-0.1, -0.05) is 141 Å². The van der Waals surface area contributed by atoms with Crippen molar-refractivity contribution in [3.05, 3.63) is 144 Å². The van der Waals surface area contributed by atoms with Crippen LogP contribution in [0.25, 0.3) is 55.9 Å². The zero-order valence-electron chi connectivity index (χ0n) is 25.0. The first-order valence-corrected chi connectivity index (χ1v) is 15.8. The number of fused-ring (bicyclic) bond motifs is 8. The van der Waals surface area contributed by atoms with Crippen LogP contribution in [0.1, 0.15) is 36.2 Å². The van der Waals surface area contributed by atoms with E-state index in [4.69, 9.17) is 9.97 Å². The van der Waals surface area contributed by atoms with Crippen molar-refractivity contribution >= 4 is 50.4 Å². The number of allylic oxidation sites excluding steroid dienone is 2. The molecule has 0 atom stereocenters. The average molecular weight is 586 g/mol. The molecule has 0 radical (unpaired) electrons. The quantitative estimate of drug-likeness (QED) is 0.193. The van der Waals surface area contributed by atoms with Crippen LogP contribution in [0, 0.1) is 6.92 Å². The van der Waals surface area contributed by atoms with Gasteiger partial charge < -0.3 is 0 Å². The normalized spacial score (nSPS) is 13.9. The van der Waals surface area contributed by atoms with Gasteiger partial charge in [0, 0.05) is 42.8 Å². The van der Waals surface area contributed by atoms with E-state index in [1.165, 1.54) is 37.1 Å². The maximum Gasteiger partial charge on any atom is 0.235 e. The fourth-order valence-corrected chi connectivity index (χ4v) is 8.55. The van der Waals surface area contributed by atoms with Gasteiger partial charge in [0.05, 0.1) is 16.7 Å². The Hall–Kier alpha value is -4.93. The van der Waals surface area contributed by atoms with Gasteiger partial charge in [-0.2, -0.15) is 0 Å². The highest BCUT2D eigenvalue weighted by Crippen LogP contribution is 2.55. The molecule has 0 unspecified atom stereocenters. The van der Waals surface area contributed by atoms with Crippen LogP contribution < -0.4 is 0 Å². The van der Waals surface area contributed by atoms with Gasteiger partial charge in [0.15, 0.2) is 0 Å². The smallest absolute Gasteiger partial charge is 0.235 e. The van der Waals surface area contributed by atoms with E-state index in [1.54, 1.807) is 0 Å². The van der Waals surface area contributed by atoms with Crippen molar-refractivity contribution in [1.29, 1.82) is 0 Å². The molecule has 0 N–H and O–H groups in total. The van der Waals surface area contributed by atoms with Crippen LogP contribution in [0.3, 0.4) is 0 Å². The third kappa shape index (κ3) is 3.84. The zero-order valence-corrected chi connectivity index (χ0v) is 25.8. The number of hydrogen-bond acceptors (Lipinski definition) is 3. The SMILES string of the molecule is C=C/C=C\c1c(C)n(-c2nc(-c3ccccc3)c3ccccc3n2)c2c3c(c4ccccc4c12)C(C)(C)c1ccccc1S3. The number of rotatable bonds is 4. The van der Waals surface area contributed by atoms with E-state index >= 15 is 0 Å². The van der Waals surface area contributed by atoms with Gasteiger partial charge in [-0.05, 0) is 41.0 Å². The molecule has 8 rings (SSSR count). The second kappa shape index (κ2) is 10.1. The lowest BCUT2D eigenvalue weighted by Gasteiger charge is -2.36. The van der Waals surface area contributed by atoms with Crippen molar-refractivity contribution in [3.8, 4) is 17.2 Å². The van der Waals surface area contributed by atoms with Crippen molar-refractivity contribution < 1.29 is 0 Å². The first-order valence-electron chi connectivity index (χ1n) is 15.0. The summed E-state index contributed by atoms with van der Waals surface area (Å²) in [7, 11) is 0. The fourth-order valence-electron chi connectivity index (χ4n) is 6.99. The number of benzene rings is 5. The van der Waals surface area contributed by atoms with Crippen LogP contribution in [0.5, 0.6) is 0 Å². The Bertz CT molecular complexity index is 2310. The Labute approximate surface area is 261 Å². The molecule has 1 aliphatic rings. The van der Waals surface area contributed by atoms with E-state index in [9.17, 15) is 0 Å². The van der Waals surface area contributed by atoms with E-state index in [0.29, 0.717) is 5.95 Å². The Morgan fingerprint density at radius 2 is 1.45 bits per heavy atom. The summed E-state index contributed by atoms with van der Waals surface area (Å²) in [5.74, 6) is 0.679. The van der Waals surface area contributed by atoms with E-state index < -0.39 is 0 Å². The third-order valence-corrected chi connectivity index (χ3v) is 10.2. The zero-order chi connectivity index (χ0) is 30.0. The average Bonchev–Trinajstić information content (AvgIpc) is 3.35. The Balaban J connectivity index is 1.57. The summed E-state index contributed by atoms with van der Waals surface area (Å²) in [5, 5.41) is 4.79. The number of nitrogens with zero attached hydrogens (tertiary/aromatic N) is 3. The van der Waals surface area contributed by atoms with Gasteiger partial charge in [-0.3, -0.25) is 4.57 Å². The molecule has 44 heavy (non-hydrogen) atoms. The molecule has 0 saturated carbocycles. The van der Waals surface area contributed by atoms with Crippen LogP contribution in [-0.2, 0) is 5.41 Å². The van der Waals surface area contributed by atoms with E-state index in [0.717, 1.165) is 38.9 Å². The minimum atomic E-state index is -0.204. The van der Waals surface area contributed by atoms with Gasteiger partial charge in [0.1, 0.15) is 0 Å². The van der Waals surface area contributed by atoms with Crippen LogP contribution in [0.15, 0.2) is 132 Å². The molecule has 0 bridgehead atoms. The summed E-state index contributed by atoms with van der Waals surface area (Å²) in [4.78, 5) is 13.2. The molecule has 0 spiro atoms. The number of aromatic nitrogens is 3. The molecule has 212 valence electrons. The minimum absolute atomic E-state index is 0.204. The summed E-state index contributed by atoms with van der Waals surface area (Å²) < 4.78 is 2.30. The van der Waals surface area contributed by atoms with Crippen molar-refractivity contribution in [3.63, 3.8) is 0 Å². The molecular formula is C40H31N3S. The lowest BCUT2D eigenvalue weighted by atomic mass is 9.75. The first kappa shape index (κ1) is 26.7. The van der Waals surface area contributed by atoms with Crippen LogP contribution >= 0.6 is 11.8 Å². The largest absolute Gasteiger partial charge is 0.281 e. The maximum atomic E-state index is 5.35. The van der Waals surface area contributed by atoms with Gasteiger partial charge in [0.2, 0.25) is 5.95 Å². The summed E-state index contributed by atoms with van der Waals surface area (Å²) in [6, 6.07) is 36.5. The molecule has 3 nitrogen and oxygen atoms in total. The monoisotopic (exact) mass is 585 g/mol. The Morgan fingerprint density at radius 3 is 2.25 bits per heavy atom. The predicted molar refractivity (Wildman–Crippen MR) is 186 cm³/mol. The molecule has 5 aromatic carbocycles. The van der Waals surface area contributed by atoms with E-state index in [-0.39, 0.29) is 5.41 Å². The molecule has 0 fully saturated rings. The molecule has 3 heterocycles. The highest BCUT2D eigenvalue weighted by Gasteiger charge is 2.38. The van der Waals surface area contributed by atoms with Crippen LogP contribution in [0.2, 0.25) is 0 Å². The summed E-state index contributed by atoms with van der Waals surface area (Å²) in [6.07, 6.45) is 6.06. The summed E-state index contributed by atoms with van der Waals surface area (Å²) >= 11 is 1.87.